The van der Waals surface area contributed by atoms with Gasteiger partial charge in [0.2, 0.25) is 0 Å². The summed E-state index contributed by atoms with van der Waals surface area (Å²) in [5.74, 6) is 0. The first kappa shape index (κ1) is 14.2. The van der Waals surface area contributed by atoms with Crippen LogP contribution in [0, 0.1) is 0 Å². The zero-order valence-corrected chi connectivity index (χ0v) is 12.8. The number of hydrogen-bond donors (Lipinski definition) is 1. The van der Waals surface area contributed by atoms with E-state index in [1.54, 1.807) is 0 Å². The molecule has 0 atom stereocenters. The number of piperazine rings is 1. The first-order chi connectivity index (χ1) is 9.81. The van der Waals surface area contributed by atoms with Gasteiger partial charge >= 0.3 is 0 Å². The van der Waals surface area contributed by atoms with E-state index >= 15 is 0 Å². The summed E-state index contributed by atoms with van der Waals surface area (Å²) in [4.78, 5) is 5.01. The lowest BCUT2D eigenvalue weighted by atomic mass is 10.2. The van der Waals surface area contributed by atoms with Crippen molar-refractivity contribution < 1.29 is 0 Å². The maximum atomic E-state index is 6.06. The summed E-state index contributed by atoms with van der Waals surface area (Å²) in [7, 11) is 0. The van der Waals surface area contributed by atoms with E-state index in [9.17, 15) is 0 Å². The van der Waals surface area contributed by atoms with Crippen molar-refractivity contribution in [3.63, 3.8) is 0 Å². The zero-order valence-electron chi connectivity index (χ0n) is 12.0. The minimum atomic E-state index is 0.830. The predicted octanol–water partition coefficient (Wildman–Crippen LogP) is 2.60. The van der Waals surface area contributed by atoms with Crippen LogP contribution in [0.5, 0.6) is 0 Å². The quantitative estimate of drug-likeness (QED) is 0.814. The predicted molar refractivity (Wildman–Crippen MR) is 85.7 cm³/mol. The minimum Gasteiger partial charge on any atom is -0.369 e. The van der Waals surface area contributed by atoms with Gasteiger partial charge < -0.3 is 10.2 Å². The molecule has 0 amide bonds. The van der Waals surface area contributed by atoms with Crippen LogP contribution in [0.25, 0.3) is 0 Å². The highest BCUT2D eigenvalue weighted by Crippen LogP contribution is 2.21. The SMILES string of the molecule is Clc1cccc(N2CCN(CCCNC3CC3)CC2)c1. The number of nitrogens with zero attached hydrogens (tertiary/aromatic N) is 2. The Kier molecular flexibility index (Phi) is 4.81. The summed E-state index contributed by atoms with van der Waals surface area (Å²) in [5.41, 5.74) is 1.26. The van der Waals surface area contributed by atoms with Gasteiger partial charge in [0, 0.05) is 42.9 Å². The van der Waals surface area contributed by atoms with Crippen molar-refractivity contribution in [1.29, 1.82) is 0 Å². The van der Waals surface area contributed by atoms with Crippen molar-refractivity contribution in [2.75, 3.05) is 44.2 Å². The number of anilines is 1. The van der Waals surface area contributed by atoms with Gasteiger partial charge in [-0.2, -0.15) is 0 Å². The number of benzene rings is 1. The lowest BCUT2D eigenvalue weighted by molar-refractivity contribution is 0.254. The van der Waals surface area contributed by atoms with Crippen molar-refractivity contribution in [1.82, 2.24) is 10.2 Å². The molecule has 1 saturated carbocycles. The standard InChI is InChI=1S/C16H24ClN3/c17-14-3-1-4-16(13-14)20-11-9-19(10-12-20)8-2-7-18-15-5-6-15/h1,3-4,13,15,18H,2,5-12H2. The molecular formula is C16H24ClN3. The molecule has 3 nitrogen and oxygen atoms in total. The normalized spacial score (nSPS) is 20.4. The highest BCUT2D eigenvalue weighted by atomic mass is 35.5. The van der Waals surface area contributed by atoms with E-state index in [1.165, 1.54) is 38.0 Å². The fourth-order valence-corrected chi connectivity index (χ4v) is 2.98. The van der Waals surface area contributed by atoms with Gasteiger partial charge in [-0.15, -0.1) is 0 Å². The molecule has 1 aromatic rings. The molecule has 2 fully saturated rings. The van der Waals surface area contributed by atoms with E-state index in [1.807, 2.05) is 12.1 Å². The van der Waals surface area contributed by atoms with Crippen molar-refractivity contribution in [2.24, 2.45) is 0 Å². The second-order valence-corrected chi connectivity index (χ2v) is 6.33. The lowest BCUT2D eigenvalue weighted by Gasteiger charge is -2.36. The molecule has 0 spiro atoms. The molecule has 0 radical (unpaired) electrons. The molecule has 4 heteroatoms. The van der Waals surface area contributed by atoms with Crippen LogP contribution in [0.15, 0.2) is 24.3 Å². The van der Waals surface area contributed by atoms with E-state index in [2.05, 4.69) is 27.2 Å². The number of rotatable bonds is 6. The van der Waals surface area contributed by atoms with E-state index in [0.717, 1.165) is 37.2 Å². The highest BCUT2D eigenvalue weighted by molar-refractivity contribution is 6.30. The molecule has 1 saturated heterocycles. The Balaban J connectivity index is 1.37. The molecule has 0 bridgehead atoms. The van der Waals surface area contributed by atoms with Crippen LogP contribution in [0.1, 0.15) is 19.3 Å². The Morgan fingerprint density at radius 2 is 1.95 bits per heavy atom. The summed E-state index contributed by atoms with van der Waals surface area (Å²) in [5, 5.41) is 4.41. The maximum Gasteiger partial charge on any atom is 0.0426 e. The first-order valence-corrected chi connectivity index (χ1v) is 8.15. The molecule has 0 aromatic heterocycles. The summed E-state index contributed by atoms with van der Waals surface area (Å²) in [6, 6.07) is 9.04. The number of nitrogens with one attached hydrogen (secondary N) is 1. The fraction of sp³-hybridized carbons (Fsp3) is 0.625. The molecule has 1 aliphatic carbocycles. The summed E-state index contributed by atoms with van der Waals surface area (Å²) in [6.45, 7) is 6.95. The van der Waals surface area contributed by atoms with Crippen molar-refractivity contribution in [3.05, 3.63) is 29.3 Å². The van der Waals surface area contributed by atoms with E-state index < -0.39 is 0 Å². The van der Waals surface area contributed by atoms with Gasteiger partial charge in [-0.25, -0.2) is 0 Å². The average Bonchev–Trinajstić information content (AvgIpc) is 3.28. The molecule has 1 N–H and O–H groups in total. The first-order valence-electron chi connectivity index (χ1n) is 7.77. The Labute approximate surface area is 126 Å². The highest BCUT2D eigenvalue weighted by Gasteiger charge is 2.20. The van der Waals surface area contributed by atoms with Crippen molar-refractivity contribution in [2.45, 2.75) is 25.3 Å². The molecule has 1 aromatic carbocycles. The Bertz CT molecular complexity index is 425. The molecule has 1 aliphatic heterocycles. The van der Waals surface area contributed by atoms with Crippen molar-refractivity contribution in [3.8, 4) is 0 Å². The van der Waals surface area contributed by atoms with Crippen LogP contribution in [0.3, 0.4) is 0 Å². The van der Waals surface area contributed by atoms with Crippen LogP contribution in [-0.4, -0.2) is 50.2 Å². The van der Waals surface area contributed by atoms with Gasteiger partial charge in [0.15, 0.2) is 0 Å². The molecule has 110 valence electrons. The topological polar surface area (TPSA) is 18.5 Å². The molecule has 3 rings (SSSR count). The second kappa shape index (κ2) is 6.79. The minimum absolute atomic E-state index is 0.830. The van der Waals surface area contributed by atoms with Gasteiger partial charge in [-0.05, 0) is 50.6 Å². The molecule has 20 heavy (non-hydrogen) atoms. The van der Waals surface area contributed by atoms with Crippen molar-refractivity contribution >= 4 is 17.3 Å². The summed E-state index contributed by atoms with van der Waals surface area (Å²) < 4.78 is 0. The third-order valence-electron chi connectivity index (χ3n) is 4.21. The van der Waals surface area contributed by atoms with Crippen LogP contribution in [-0.2, 0) is 0 Å². The van der Waals surface area contributed by atoms with Gasteiger partial charge in [-0.1, -0.05) is 17.7 Å². The number of halogens is 1. The second-order valence-electron chi connectivity index (χ2n) is 5.89. The van der Waals surface area contributed by atoms with E-state index in [-0.39, 0.29) is 0 Å². The van der Waals surface area contributed by atoms with Gasteiger partial charge in [0.25, 0.3) is 0 Å². The van der Waals surface area contributed by atoms with Gasteiger partial charge in [0.1, 0.15) is 0 Å². The van der Waals surface area contributed by atoms with E-state index in [4.69, 9.17) is 11.6 Å². The Hall–Kier alpha value is -0.770. The molecule has 1 heterocycles. The lowest BCUT2D eigenvalue weighted by Crippen LogP contribution is -2.47. The van der Waals surface area contributed by atoms with Crippen LogP contribution >= 0.6 is 11.6 Å². The van der Waals surface area contributed by atoms with Crippen LogP contribution in [0.2, 0.25) is 5.02 Å². The molecular weight excluding hydrogens is 270 g/mol. The smallest absolute Gasteiger partial charge is 0.0426 e. The average molecular weight is 294 g/mol. The van der Waals surface area contributed by atoms with E-state index in [0.29, 0.717) is 0 Å². The molecule has 0 unspecified atom stereocenters. The maximum absolute atomic E-state index is 6.06. The Morgan fingerprint density at radius 3 is 2.65 bits per heavy atom. The molecule has 2 aliphatic rings. The Morgan fingerprint density at radius 1 is 1.15 bits per heavy atom. The fourth-order valence-electron chi connectivity index (χ4n) is 2.80. The monoisotopic (exact) mass is 293 g/mol. The third kappa shape index (κ3) is 4.11. The van der Waals surface area contributed by atoms with Gasteiger partial charge in [-0.3, -0.25) is 4.90 Å². The zero-order chi connectivity index (χ0) is 13.8. The number of hydrogen-bond acceptors (Lipinski definition) is 3. The largest absolute Gasteiger partial charge is 0.369 e. The summed E-state index contributed by atoms with van der Waals surface area (Å²) >= 11 is 6.06. The van der Waals surface area contributed by atoms with Crippen LogP contribution < -0.4 is 10.2 Å². The van der Waals surface area contributed by atoms with Gasteiger partial charge in [0.05, 0.1) is 0 Å². The third-order valence-corrected chi connectivity index (χ3v) is 4.44. The van der Waals surface area contributed by atoms with Crippen LogP contribution in [0.4, 0.5) is 5.69 Å². The summed E-state index contributed by atoms with van der Waals surface area (Å²) in [6.07, 6.45) is 4.05.